The largest absolute Gasteiger partial charge is 0.417 e. The van der Waals surface area contributed by atoms with Crippen LogP contribution in [0.1, 0.15) is 53.7 Å². The molecule has 9 heteroatoms. The molecule has 1 fully saturated rings. The summed E-state index contributed by atoms with van der Waals surface area (Å²) >= 11 is 0. The molecule has 0 spiro atoms. The van der Waals surface area contributed by atoms with Crippen molar-refractivity contribution in [3.05, 3.63) is 71.1 Å². The molecule has 0 radical (unpaired) electrons. The number of amidine groups is 1. The summed E-state index contributed by atoms with van der Waals surface area (Å²) < 4.78 is 38.5. The maximum absolute atomic E-state index is 13.8. The molecule has 35 heavy (non-hydrogen) atoms. The molecule has 1 aromatic heterocycles. The third kappa shape index (κ3) is 6.35. The fourth-order valence-electron chi connectivity index (χ4n) is 4.21. The molecule has 186 valence electrons. The lowest BCUT2D eigenvalue weighted by atomic mass is 9.89. The van der Waals surface area contributed by atoms with E-state index in [0.717, 1.165) is 30.7 Å². The number of carbonyl (C=O) groups is 1. The number of anilines is 1. The van der Waals surface area contributed by atoms with Crippen molar-refractivity contribution in [3.63, 3.8) is 0 Å². The number of nitrogens with zero attached hydrogens (tertiary/aromatic N) is 4. The van der Waals surface area contributed by atoms with Gasteiger partial charge < -0.3 is 10.2 Å². The summed E-state index contributed by atoms with van der Waals surface area (Å²) in [6.07, 6.45) is 1.55. The molecule has 2 atom stereocenters. The summed E-state index contributed by atoms with van der Waals surface area (Å²) in [4.78, 5) is 27.9. The maximum Gasteiger partial charge on any atom is 0.417 e. The number of hydrogen-bond donors (Lipinski definition) is 1. The van der Waals surface area contributed by atoms with Crippen LogP contribution in [-0.4, -0.2) is 47.5 Å². The normalized spacial score (nSPS) is 19.1. The number of pyridine rings is 1. The van der Waals surface area contributed by atoms with E-state index in [9.17, 15) is 18.0 Å². The summed E-state index contributed by atoms with van der Waals surface area (Å²) in [6.45, 7) is 10.4. The highest BCUT2D eigenvalue weighted by atomic mass is 19.4. The average Bonchev–Trinajstić information content (AvgIpc) is 2.83. The number of allylic oxidation sites excluding steroid dienone is 1. The van der Waals surface area contributed by atoms with Crippen LogP contribution in [0.4, 0.5) is 19.0 Å². The topological polar surface area (TPSA) is 70.0 Å². The molecule has 0 aliphatic carbocycles. The Hall–Kier alpha value is -3.49. The number of alkyl halides is 3. The molecular formula is C26H30F3N5O. The molecule has 1 aliphatic rings. The van der Waals surface area contributed by atoms with E-state index in [4.69, 9.17) is 0 Å². The van der Waals surface area contributed by atoms with Crippen LogP contribution >= 0.6 is 0 Å². The van der Waals surface area contributed by atoms with Gasteiger partial charge in [-0.15, -0.1) is 0 Å². The van der Waals surface area contributed by atoms with Crippen LogP contribution in [0.25, 0.3) is 0 Å². The van der Waals surface area contributed by atoms with Crippen LogP contribution in [-0.2, 0) is 6.18 Å². The quantitative estimate of drug-likeness (QED) is 0.419. The highest BCUT2D eigenvalue weighted by molar-refractivity contribution is 6.11. The van der Waals surface area contributed by atoms with Crippen molar-refractivity contribution in [2.75, 3.05) is 18.4 Å². The number of rotatable bonds is 6. The second-order valence-corrected chi connectivity index (χ2v) is 8.64. The van der Waals surface area contributed by atoms with Crippen LogP contribution in [0.2, 0.25) is 0 Å². The zero-order chi connectivity index (χ0) is 25.6. The predicted molar refractivity (Wildman–Crippen MR) is 133 cm³/mol. The lowest BCUT2D eigenvalue weighted by Crippen LogP contribution is -2.51. The Morgan fingerprint density at radius 3 is 2.69 bits per heavy atom. The molecule has 1 aliphatic heterocycles. The Morgan fingerprint density at radius 1 is 1.29 bits per heavy atom. The Bertz CT molecular complexity index is 1110. The van der Waals surface area contributed by atoms with Gasteiger partial charge in [-0.3, -0.25) is 4.79 Å². The molecule has 1 saturated heterocycles. The first-order valence-corrected chi connectivity index (χ1v) is 11.5. The van der Waals surface area contributed by atoms with Gasteiger partial charge in [0.05, 0.1) is 17.2 Å². The zero-order valence-electron chi connectivity index (χ0n) is 20.1. The van der Waals surface area contributed by atoms with Gasteiger partial charge in [0.15, 0.2) is 5.84 Å². The number of piperidine rings is 1. The number of halogens is 3. The molecule has 1 N–H and O–H groups in total. The van der Waals surface area contributed by atoms with Gasteiger partial charge in [0.25, 0.3) is 5.91 Å². The first-order valence-electron chi connectivity index (χ1n) is 11.5. The predicted octanol–water partition coefficient (Wildman–Crippen LogP) is 5.74. The minimum Gasteiger partial charge on any atom is -0.368 e. The third-order valence-corrected chi connectivity index (χ3v) is 6.10. The highest BCUT2D eigenvalue weighted by Gasteiger charge is 2.34. The van der Waals surface area contributed by atoms with Crippen molar-refractivity contribution in [1.82, 2.24) is 9.88 Å². The first kappa shape index (κ1) is 26.1. The van der Waals surface area contributed by atoms with Crippen LogP contribution in [0.3, 0.4) is 0 Å². The number of aryl methyl sites for hydroxylation is 1. The standard InChI is InChI=1S/C26H30F3N5O/c1-5-12-31-24(30-4)21-14-17(2)8-10-20(21)25(35)34-13-6-7-18(3)22(34)16-33-23-11-9-19(15-32-23)26(27,28)29/h5,8-12,14-15,18,22H,4,6-7,13,16H2,1-3H3,(H,32,33)/b12-5-,31-24?/t18-,22-/m1/s1. The second kappa shape index (κ2) is 11.3. The van der Waals surface area contributed by atoms with Gasteiger partial charge in [-0.2, -0.15) is 13.2 Å². The van der Waals surface area contributed by atoms with Gasteiger partial charge in [-0.25, -0.2) is 15.0 Å². The molecule has 0 saturated carbocycles. The van der Waals surface area contributed by atoms with E-state index in [-0.39, 0.29) is 17.9 Å². The highest BCUT2D eigenvalue weighted by Crippen LogP contribution is 2.30. The van der Waals surface area contributed by atoms with Gasteiger partial charge in [-0.05, 0) is 63.6 Å². The summed E-state index contributed by atoms with van der Waals surface area (Å²) in [5, 5.41) is 3.11. The van der Waals surface area contributed by atoms with Crippen molar-refractivity contribution < 1.29 is 18.0 Å². The van der Waals surface area contributed by atoms with Crippen LogP contribution in [0, 0.1) is 12.8 Å². The van der Waals surface area contributed by atoms with Crippen molar-refractivity contribution in [2.45, 2.75) is 45.8 Å². The fraction of sp³-hybridized carbons (Fsp3) is 0.385. The van der Waals surface area contributed by atoms with E-state index in [1.54, 1.807) is 18.3 Å². The van der Waals surface area contributed by atoms with Crippen LogP contribution in [0.5, 0.6) is 0 Å². The Kier molecular flexibility index (Phi) is 8.43. The smallest absolute Gasteiger partial charge is 0.368 e. The molecule has 0 bridgehead atoms. The lowest BCUT2D eigenvalue weighted by Gasteiger charge is -2.40. The summed E-state index contributed by atoms with van der Waals surface area (Å²) in [5.41, 5.74) is 1.26. The second-order valence-electron chi connectivity index (χ2n) is 8.64. The number of aliphatic imine (C=N–C) groups is 2. The monoisotopic (exact) mass is 485 g/mol. The van der Waals surface area contributed by atoms with Gasteiger partial charge in [-0.1, -0.05) is 24.6 Å². The Balaban J connectivity index is 1.86. The van der Waals surface area contributed by atoms with E-state index < -0.39 is 11.7 Å². The van der Waals surface area contributed by atoms with Crippen molar-refractivity contribution >= 4 is 24.3 Å². The summed E-state index contributed by atoms with van der Waals surface area (Å²) in [5.74, 6) is 0.743. The molecule has 2 heterocycles. The minimum atomic E-state index is -4.44. The van der Waals surface area contributed by atoms with Crippen molar-refractivity contribution in [2.24, 2.45) is 15.9 Å². The van der Waals surface area contributed by atoms with Gasteiger partial charge in [0.2, 0.25) is 0 Å². The third-order valence-electron chi connectivity index (χ3n) is 6.10. The number of hydrogen-bond acceptors (Lipinski definition) is 4. The SMILES string of the molecule is C=NC(=N/C=C\C)c1cc(C)ccc1C(=O)N1CCC[C@@H](C)[C@H]1CNc1ccc(C(F)(F)F)cn1. The Morgan fingerprint density at radius 2 is 2.06 bits per heavy atom. The minimum absolute atomic E-state index is 0.143. The van der Waals surface area contributed by atoms with E-state index in [1.165, 1.54) is 6.07 Å². The molecule has 1 amide bonds. The van der Waals surface area contributed by atoms with Gasteiger partial charge >= 0.3 is 6.18 Å². The number of likely N-dealkylation sites (tertiary alicyclic amines) is 1. The van der Waals surface area contributed by atoms with Gasteiger partial charge in [0.1, 0.15) is 5.82 Å². The van der Waals surface area contributed by atoms with E-state index in [1.807, 2.05) is 30.9 Å². The van der Waals surface area contributed by atoms with Crippen molar-refractivity contribution in [1.29, 1.82) is 0 Å². The van der Waals surface area contributed by atoms with E-state index >= 15 is 0 Å². The van der Waals surface area contributed by atoms with Crippen molar-refractivity contribution in [3.8, 4) is 0 Å². The Labute approximate surface area is 203 Å². The van der Waals surface area contributed by atoms with E-state index in [2.05, 4.69) is 33.9 Å². The number of benzene rings is 1. The molecule has 0 unspecified atom stereocenters. The van der Waals surface area contributed by atoms with E-state index in [0.29, 0.717) is 35.9 Å². The molecular weight excluding hydrogens is 455 g/mol. The molecule has 2 aromatic rings. The molecule has 6 nitrogen and oxygen atoms in total. The van der Waals surface area contributed by atoms with Crippen LogP contribution in [0.15, 0.2) is 58.8 Å². The molecule has 3 rings (SSSR count). The number of aromatic nitrogens is 1. The number of carbonyl (C=O) groups excluding carboxylic acids is 1. The summed E-state index contributed by atoms with van der Waals surface area (Å²) in [7, 11) is 0. The zero-order valence-corrected chi connectivity index (χ0v) is 20.1. The number of amides is 1. The average molecular weight is 486 g/mol. The number of nitrogens with one attached hydrogen (secondary N) is 1. The fourth-order valence-corrected chi connectivity index (χ4v) is 4.21. The van der Waals surface area contributed by atoms with Gasteiger partial charge in [0, 0.05) is 31.0 Å². The molecule has 1 aromatic carbocycles. The summed E-state index contributed by atoms with van der Waals surface area (Å²) in [6, 6.07) is 7.67. The van der Waals surface area contributed by atoms with Crippen LogP contribution < -0.4 is 5.32 Å². The lowest BCUT2D eigenvalue weighted by molar-refractivity contribution is -0.137. The first-order chi connectivity index (χ1) is 16.7. The maximum atomic E-state index is 13.8.